The van der Waals surface area contributed by atoms with E-state index >= 15 is 0 Å². The van der Waals surface area contributed by atoms with Crippen LogP contribution in [0.3, 0.4) is 0 Å². The third kappa shape index (κ3) is 4.67. The van der Waals surface area contributed by atoms with Crippen LogP contribution in [0.5, 0.6) is 0 Å². The van der Waals surface area contributed by atoms with Gasteiger partial charge in [0.25, 0.3) is 0 Å². The zero-order valence-corrected chi connectivity index (χ0v) is 31.3. The van der Waals surface area contributed by atoms with Gasteiger partial charge in [0, 0.05) is 0 Å². The fourth-order valence-corrected chi connectivity index (χ4v) is 92.3. The van der Waals surface area contributed by atoms with Gasteiger partial charge in [0.05, 0.1) is 0 Å². The van der Waals surface area contributed by atoms with Crippen LogP contribution in [0.4, 0.5) is 0 Å². The van der Waals surface area contributed by atoms with Crippen molar-refractivity contribution in [2.24, 2.45) is 0 Å². The van der Waals surface area contributed by atoms with Gasteiger partial charge in [0.2, 0.25) is 0 Å². The fraction of sp³-hybridized carbons (Fsp3) is 0.389. The van der Waals surface area contributed by atoms with E-state index in [1.54, 1.807) is 68.7 Å². The standard InChI is InChI=1S/C16H13.C16H21.C4H8Si2.2ClH.Zr/c1-12-10-14-8-5-9-15(16(14)11-12)13-6-3-2-4-7-13;1-10(2)13-8-14-6-12(5)7-16(14)15(9-13)11(3)4;1-2-6-4-3-5-1;;;/h2-11H,1H3;6-11H,1-5H3;1-4H2;2*1H;/q;;;;;+2/p-2. The van der Waals surface area contributed by atoms with Crippen molar-refractivity contribution in [3.05, 3.63) is 105 Å². The third-order valence-electron chi connectivity index (χ3n) is 10.6. The Morgan fingerprint density at radius 2 is 1.24 bits per heavy atom. The number of allylic oxidation sites excluding steroid dienone is 2. The van der Waals surface area contributed by atoms with Gasteiger partial charge < -0.3 is 24.8 Å². The van der Waals surface area contributed by atoms with Gasteiger partial charge in [0.1, 0.15) is 0 Å². The maximum Gasteiger partial charge on any atom is -1.00 e. The third-order valence-corrected chi connectivity index (χ3v) is 69.6. The molecule has 2 heterocycles. The van der Waals surface area contributed by atoms with Gasteiger partial charge in [-0.2, -0.15) is 0 Å². The molecular weight excluding hydrogens is 651 g/mol. The average Bonchev–Trinajstić information content (AvgIpc) is 3.65. The zero-order valence-electron chi connectivity index (χ0n) is 25.3. The van der Waals surface area contributed by atoms with Crippen molar-refractivity contribution in [3.8, 4) is 11.1 Å². The maximum atomic E-state index is 2.72. The van der Waals surface area contributed by atoms with Crippen molar-refractivity contribution < 1.29 is 42.3 Å². The maximum absolute atomic E-state index is 2.76. The van der Waals surface area contributed by atoms with E-state index in [-0.39, 0.29) is 35.7 Å². The normalized spacial score (nSPS) is 19.9. The van der Waals surface area contributed by atoms with E-state index < -0.39 is 17.5 Å². The topological polar surface area (TPSA) is 0 Å². The molecule has 0 nitrogen and oxygen atoms in total. The molecule has 41 heavy (non-hydrogen) atoms. The number of fused-ring (bicyclic) bond motifs is 2. The molecule has 2 unspecified atom stereocenters. The van der Waals surface area contributed by atoms with Crippen LogP contribution in [-0.4, -0.2) is 10.9 Å². The molecule has 0 radical (unpaired) electrons. The first-order chi connectivity index (χ1) is 18.8. The second-order valence-corrected chi connectivity index (χ2v) is 48.0. The van der Waals surface area contributed by atoms with Gasteiger partial charge in [-0.05, 0) is 0 Å². The predicted octanol–water partition coefficient (Wildman–Crippen LogP) is 4.39. The Morgan fingerprint density at radius 1 is 0.659 bits per heavy atom. The average molecular weight is 693 g/mol. The van der Waals surface area contributed by atoms with Crippen LogP contribution in [0.2, 0.25) is 24.2 Å². The minimum Gasteiger partial charge on any atom is -1.00 e. The van der Waals surface area contributed by atoms with Crippen LogP contribution in [0.15, 0.2) is 71.8 Å². The summed E-state index contributed by atoms with van der Waals surface area (Å²) in [6, 6.07) is 30.4. The molecule has 7 rings (SSSR count). The molecule has 2 aliphatic carbocycles. The first-order valence-corrected chi connectivity index (χ1v) is 29.3. The summed E-state index contributed by atoms with van der Waals surface area (Å²) in [6.45, 7) is 14.7. The first-order valence-electron chi connectivity index (χ1n) is 15.2. The van der Waals surface area contributed by atoms with Crippen LogP contribution in [0.25, 0.3) is 23.3 Å². The molecule has 5 heteroatoms. The first kappa shape index (κ1) is 31.5. The summed E-state index contributed by atoms with van der Waals surface area (Å²) in [5.74, 6) is 1.17. The van der Waals surface area contributed by atoms with E-state index in [4.69, 9.17) is 0 Å². The van der Waals surface area contributed by atoms with Gasteiger partial charge in [-0.15, -0.1) is 0 Å². The molecule has 2 bridgehead atoms. The molecule has 0 amide bonds. The van der Waals surface area contributed by atoms with Crippen molar-refractivity contribution in [1.29, 1.82) is 0 Å². The van der Waals surface area contributed by atoms with Crippen molar-refractivity contribution in [2.75, 3.05) is 0 Å². The summed E-state index contributed by atoms with van der Waals surface area (Å²) >= 11 is -2.76. The Balaban J connectivity index is 0.00000169. The van der Waals surface area contributed by atoms with E-state index in [0.29, 0.717) is 11.8 Å². The Kier molecular flexibility index (Phi) is 9.09. The summed E-state index contributed by atoms with van der Waals surface area (Å²) in [6.07, 6.45) is 5.35. The van der Waals surface area contributed by atoms with Crippen molar-refractivity contribution in [1.82, 2.24) is 0 Å². The van der Waals surface area contributed by atoms with Gasteiger partial charge >= 0.3 is 242 Å². The van der Waals surface area contributed by atoms with E-state index in [9.17, 15) is 0 Å². The summed E-state index contributed by atoms with van der Waals surface area (Å²) in [5.41, 5.74) is 15.8. The minimum atomic E-state index is -2.76. The Morgan fingerprint density at radius 3 is 1.83 bits per heavy atom. The molecule has 2 atom stereocenters. The van der Waals surface area contributed by atoms with Gasteiger partial charge in [-0.1, -0.05) is 0 Å². The Bertz CT molecular complexity index is 1680. The van der Waals surface area contributed by atoms with Gasteiger partial charge in [0.15, 0.2) is 0 Å². The summed E-state index contributed by atoms with van der Waals surface area (Å²) < 4.78 is 1.62. The fourth-order valence-electron chi connectivity index (χ4n) is 9.04. The number of benzene rings is 3. The van der Waals surface area contributed by atoms with Crippen molar-refractivity contribution >= 4 is 23.0 Å². The summed E-state index contributed by atoms with van der Waals surface area (Å²) in [5, 5.41) is 0. The van der Waals surface area contributed by atoms with Gasteiger partial charge in [-0.3, -0.25) is 0 Å². The van der Waals surface area contributed by atoms with E-state index in [0.717, 1.165) is 7.25 Å². The monoisotopic (exact) mass is 690 g/mol. The number of rotatable bonds is 5. The van der Waals surface area contributed by atoms with E-state index in [1.165, 1.54) is 11.1 Å². The molecule has 4 aliphatic rings. The van der Waals surface area contributed by atoms with Crippen LogP contribution < -0.4 is 24.8 Å². The zero-order chi connectivity index (χ0) is 27.1. The van der Waals surface area contributed by atoms with E-state index in [1.807, 2.05) is 0 Å². The second-order valence-electron chi connectivity index (χ2n) is 13.3. The van der Waals surface area contributed by atoms with Gasteiger partial charge in [-0.25, -0.2) is 0 Å². The van der Waals surface area contributed by atoms with Crippen LogP contribution in [0, 0.1) is 0 Å². The molecule has 0 aromatic heterocycles. The molecule has 0 N–H and O–H groups in total. The molecule has 3 aromatic carbocycles. The second kappa shape index (κ2) is 11.9. The van der Waals surface area contributed by atoms with Crippen molar-refractivity contribution in [2.45, 2.75) is 84.8 Å². The molecular formula is C36H42Cl2Si2Zr. The molecule has 0 saturated heterocycles. The van der Waals surface area contributed by atoms with E-state index in [2.05, 4.69) is 114 Å². The Hall–Kier alpha value is -0.963. The smallest absolute Gasteiger partial charge is 1.00 e. The summed E-state index contributed by atoms with van der Waals surface area (Å²) in [7, 11) is 0. The number of hydrogen-bond donors (Lipinski definition) is 0. The quantitative estimate of drug-likeness (QED) is 0.349. The molecule has 0 spiro atoms. The molecule has 212 valence electrons. The molecule has 0 saturated carbocycles. The van der Waals surface area contributed by atoms with Crippen LogP contribution >= 0.6 is 0 Å². The SMILES string of the molecule is CC1=Cc2c(-c3ccccc3)cccc2[CH]1[Zr+2]1([CH]2C(C)=Cc3c(C(C)C)cc(C(C)C)cc32)=[Si]2CC[Si]=1CC2.[Cl-].[Cl-]. The molecule has 0 fully saturated rings. The Labute approximate surface area is 264 Å². The number of hydrogen-bond acceptors (Lipinski definition) is 0. The number of halogens is 2. The minimum absolute atomic E-state index is 0. The van der Waals surface area contributed by atoms with Crippen molar-refractivity contribution in [3.63, 3.8) is 0 Å². The van der Waals surface area contributed by atoms with Crippen LogP contribution in [-0.2, 0) is 17.5 Å². The summed E-state index contributed by atoms with van der Waals surface area (Å²) in [4.78, 5) is 0. The van der Waals surface area contributed by atoms with Crippen LogP contribution in [0.1, 0.15) is 94.0 Å². The largest absolute Gasteiger partial charge is 1.00 e. The molecule has 3 aromatic rings. The predicted molar refractivity (Wildman–Crippen MR) is 170 cm³/mol. The molecule has 2 aliphatic heterocycles.